The molecule has 39 heavy (non-hydrogen) atoms. The number of nitrogens with zero attached hydrogens (tertiary/aromatic N) is 1. The Balaban J connectivity index is 1.34. The van der Waals surface area contributed by atoms with Gasteiger partial charge >= 0.3 is 11.9 Å². The van der Waals surface area contributed by atoms with Crippen LogP contribution in [0.3, 0.4) is 0 Å². The number of carboxylic acid groups (broad SMARTS) is 1. The molecule has 0 aliphatic carbocycles. The predicted octanol–water partition coefficient (Wildman–Crippen LogP) is 6.70. The molecule has 0 saturated carbocycles. The van der Waals surface area contributed by atoms with Gasteiger partial charge in [-0.25, -0.2) is 4.79 Å². The molecule has 0 atom stereocenters. The average Bonchev–Trinajstić information content (AvgIpc) is 3.31. The number of hydrogen-bond acceptors (Lipinski definition) is 5. The Morgan fingerprint density at radius 2 is 1.56 bits per heavy atom. The van der Waals surface area contributed by atoms with E-state index in [9.17, 15) is 14.7 Å². The van der Waals surface area contributed by atoms with E-state index in [1.54, 1.807) is 25.1 Å². The van der Waals surface area contributed by atoms with Gasteiger partial charge in [0, 0.05) is 23.6 Å². The second kappa shape index (κ2) is 13.9. The number of unbranched alkanes of at least 4 members (excludes halogenated alkanes) is 1. The summed E-state index contributed by atoms with van der Waals surface area (Å²) in [6.07, 6.45) is 7.95. The summed E-state index contributed by atoms with van der Waals surface area (Å²) in [7, 11) is 0. The van der Waals surface area contributed by atoms with Crippen molar-refractivity contribution in [1.29, 1.82) is 0 Å². The van der Waals surface area contributed by atoms with E-state index in [4.69, 9.17) is 14.2 Å². The zero-order valence-electron chi connectivity index (χ0n) is 22.0. The molecule has 3 aromatic carbocycles. The van der Waals surface area contributed by atoms with Gasteiger partial charge in [0.1, 0.15) is 11.5 Å². The third-order valence-corrected chi connectivity index (χ3v) is 6.18. The van der Waals surface area contributed by atoms with Crippen LogP contribution in [0, 0.1) is 0 Å². The highest BCUT2D eigenvalue weighted by Crippen LogP contribution is 2.26. The van der Waals surface area contributed by atoms with Crippen molar-refractivity contribution in [1.82, 2.24) is 4.57 Å². The minimum atomic E-state index is -0.991. The fraction of sp³-hybridized carbons (Fsp3) is 0.250. The molecule has 0 bridgehead atoms. The van der Waals surface area contributed by atoms with Crippen molar-refractivity contribution in [2.45, 2.75) is 32.7 Å². The maximum atomic E-state index is 11.9. The molecule has 0 fully saturated rings. The molecule has 7 nitrogen and oxygen atoms in total. The van der Waals surface area contributed by atoms with Crippen molar-refractivity contribution in [2.75, 3.05) is 19.8 Å². The van der Waals surface area contributed by atoms with E-state index in [1.807, 2.05) is 77.5 Å². The number of carbonyl (C=O) groups excluding carboxylic acids is 1. The van der Waals surface area contributed by atoms with Gasteiger partial charge in [-0.1, -0.05) is 48.6 Å². The van der Waals surface area contributed by atoms with Gasteiger partial charge in [0.25, 0.3) is 0 Å². The zero-order valence-corrected chi connectivity index (χ0v) is 22.0. The molecule has 1 N–H and O–H groups in total. The summed E-state index contributed by atoms with van der Waals surface area (Å²) in [5.74, 6) is 0.421. The molecule has 4 rings (SSSR count). The van der Waals surface area contributed by atoms with Crippen molar-refractivity contribution in [3.05, 3.63) is 95.7 Å². The summed E-state index contributed by atoms with van der Waals surface area (Å²) < 4.78 is 18.5. The number of aromatic carboxylic acids is 1. The number of ether oxygens (including phenoxy) is 3. The number of carboxylic acids is 1. The number of benzene rings is 3. The smallest absolute Gasteiger partial charge is 0.335 e. The van der Waals surface area contributed by atoms with Crippen LogP contribution in [0.2, 0.25) is 0 Å². The number of carbonyl (C=O) groups is 2. The standard InChI is InChI=1S/C32H33NO6/c1-2-37-31(34)18-19-33-23-26(29-17-14-25(32(35)36)22-30(29)33)13-10-24-11-15-28(16-12-24)39-21-7-6-20-38-27-8-4-3-5-9-27/h3-5,8-17,22-23H,2,6-7,18-21H2,1H3,(H,35,36)/b13-10-. The maximum absolute atomic E-state index is 11.9. The molecular formula is C32H33NO6. The number of para-hydroxylation sites is 1. The van der Waals surface area contributed by atoms with Crippen molar-refractivity contribution in [3.63, 3.8) is 0 Å². The summed E-state index contributed by atoms with van der Waals surface area (Å²) in [4.78, 5) is 23.4. The third kappa shape index (κ3) is 7.98. The lowest BCUT2D eigenvalue weighted by atomic mass is 10.1. The van der Waals surface area contributed by atoms with Crippen LogP contribution in [0.1, 0.15) is 47.7 Å². The molecule has 1 heterocycles. The van der Waals surface area contributed by atoms with Gasteiger partial charge in [-0.2, -0.15) is 0 Å². The first-order chi connectivity index (χ1) is 19.0. The molecular weight excluding hydrogens is 494 g/mol. The number of rotatable bonds is 14. The molecule has 0 saturated heterocycles. The van der Waals surface area contributed by atoms with Crippen LogP contribution >= 0.6 is 0 Å². The SMILES string of the molecule is CCOC(=O)CCn1cc(/C=C\c2ccc(OCCCCOc3ccccc3)cc2)c2ccc(C(=O)O)cc21. The molecule has 0 unspecified atom stereocenters. The van der Waals surface area contributed by atoms with Crippen LogP contribution in [-0.4, -0.2) is 41.4 Å². The van der Waals surface area contributed by atoms with Crippen molar-refractivity contribution in [3.8, 4) is 11.5 Å². The lowest BCUT2D eigenvalue weighted by Gasteiger charge is -2.08. The van der Waals surface area contributed by atoms with Gasteiger partial charge in [-0.15, -0.1) is 0 Å². The summed E-state index contributed by atoms with van der Waals surface area (Å²) in [6.45, 7) is 3.78. The van der Waals surface area contributed by atoms with E-state index in [1.165, 1.54) is 0 Å². The van der Waals surface area contributed by atoms with Gasteiger partial charge in [0.15, 0.2) is 0 Å². The minimum absolute atomic E-state index is 0.202. The Kier molecular flexibility index (Phi) is 9.78. The average molecular weight is 528 g/mol. The Morgan fingerprint density at radius 3 is 2.23 bits per heavy atom. The summed E-state index contributed by atoms with van der Waals surface area (Å²) >= 11 is 0. The Hall–Kier alpha value is -4.52. The van der Waals surface area contributed by atoms with E-state index in [-0.39, 0.29) is 18.0 Å². The summed E-state index contributed by atoms with van der Waals surface area (Å²) in [5.41, 5.74) is 2.90. The van der Waals surface area contributed by atoms with Crippen LogP contribution in [0.4, 0.5) is 0 Å². The normalized spacial score (nSPS) is 11.1. The van der Waals surface area contributed by atoms with Crippen LogP contribution in [0.5, 0.6) is 11.5 Å². The van der Waals surface area contributed by atoms with Crippen LogP contribution < -0.4 is 9.47 Å². The van der Waals surface area contributed by atoms with Crippen molar-refractivity contribution >= 4 is 35.0 Å². The monoisotopic (exact) mass is 527 g/mol. The minimum Gasteiger partial charge on any atom is -0.494 e. The molecule has 0 aliphatic heterocycles. The fourth-order valence-corrected chi connectivity index (χ4v) is 4.18. The summed E-state index contributed by atoms with van der Waals surface area (Å²) in [6, 6.07) is 22.7. The molecule has 1 aromatic heterocycles. The number of esters is 1. The number of fused-ring (bicyclic) bond motifs is 1. The maximum Gasteiger partial charge on any atom is 0.335 e. The third-order valence-electron chi connectivity index (χ3n) is 6.18. The lowest BCUT2D eigenvalue weighted by Crippen LogP contribution is -2.08. The van der Waals surface area contributed by atoms with Gasteiger partial charge in [-0.05, 0) is 67.3 Å². The summed E-state index contributed by atoms with van der Waals surface area (Å²) in [5, 5.41) is 10.3. The Labute approximate surface area is 228 Å². The fourth-order valence-electron chi connectivity index (χ4n) is 4.18. The lowest BCUT2D eigenvalue weighted by molar-refractivity contribution is -0.143. The van der Waals surface area contributed by atoms with Crippen LogP contribution in [-0.2, 0) is 16.1 Å². The molecule has 0 spiro atoms. The van der Waals surface area contributed by atoms with Gasteiger partial charge in [0.2, 0.25) is 0 Å². The van der Waals surface area contributed by atoms with E-state index >= 15 is 0 Å². The zero-order chi connectivity index (χ0) is 27.5. The predicted molar refractivity (Wildman–Crippen MR) is 152 cm³/mol. The highest BCUT2D eigenvalue weighted by atomic mass is 16.5. The van der Waals surface area contributed by atoms with Crippen molar-refractivity contribution in [2.24, 2.45) is 0 Å². The second-order valence-electron chi connectivity index (χ2n) is 8.99. The van der Waals surface area contributed by atoms with E-state index in [0.29, 0.717) is 26.4 Å². The number of aryl methyl sites for hydroxylation is 1. The van der Waals surface area contributed by atoms with Gasteiger partial charge < -0.3 is 23.9 Å². The van der Waals surface area contributed by atoms with E-state index in [2.05, 4.69) is 0 Å². The second-order valence-corrected chi connectivity index (χ2v) is 8.99. The molecule has 0 aliphatic rings. The first-order valence-corrected chi connectivity index (χ1v) is 13.1. The quantitative estimate of drug-likeness (QED) is 0.145. The topological polar surface area (TPSA) is 87.0 Å². The molecule has 0 amide bonds. The highest BCUT2D eigenvalue weighted by Gasteiger charge is 2.12. The van der Waals surface area contributed by atoms with Crippen molar-refractivity contribution < 1.29 is 28.9 Å². The molecule has 7 heteroatoms. The van der Waals surface area contributed by atoms with Gasteiger partial charge in [0.05, 0.1) is 31.8 Å². The largest absolute Gasteiger partial charge is 0.494 e. The first kappa shape index (κ1) is 27.5. The highest BCUT2D eigenvalue weighted by molar-refractivity contribution is 5.97. The Morgan fingerprint density at radius 1 is 0.872 bits per heavy atom. The Bertz CT molecular complexity index is 1410. The molecule has 4 aromatic rings. The molecule has 0 radical (unpaired) electrons. The number of hydrogen-bond donors (Lipinski definition) is 1. The van der Waals surface area contributed by atoms with E-state index < -0.39 is 5.97 Å². The van der Waals surface area contributed by atoms with Gasteiger partial charge in [-0.3, -0.25) is 4.79 Å². The van der Waals surface area contributed by atoms with Crippen LogP contribution in [0.15, 0.2) is 79.0 Å². The molecule has 202 valence electrons. The number of aromatic nitrogens is 1. The van der Waals surface area contributed by atoms with Crippen LogP contribution in [0.25, 0.3) is 23.1 Å². The van der Waals surface area contributed by atoms with E-state index in [0.717, 1.165) is 46.4 Å². The first-order valence-electron chi connectivity index (χ1n) is 13.1.